The van der Waals surface area contributed by atoms with Gasteiger partial charge in [-0.25, -0.2) is 4.98 Å². The Hall–Kier alpha value is -1.76. The fraction of sp³-hybridized carbons (Fsp3) is 0.500. The first-order valence-electron chi connectivity index (χ1n) is 9.17. The van der Waals surface area contributed by atoms with Crippen molar-refractivity contribution >= 4 is 17.2 Å². The fourth-order valence-corrected chi connectivity index (χ4v) is 4.06. The molecule has 6 heteroatoms. The number of benzene rings is 1. The van der Waals surface area contributed by atoms with E-state index in [0.717, 1.165) is 36.8 Å². The van der Waals surface area contributed by atoms with Crippen molar-refractivity contribution in [3.63, 3.8) is 0 Å². The van der Waals surface area contributed by atoms with Crippen LogP contribution >= 0.6 is 11.3 Å². The van der Waals surface area contributed by atoms with Gasteiger partial charge in [-0.3, -0.25) is 9.69 Å². The van der Waals surface area contributed by atoms with E-state index in [1.165, 1.54) is 10.4 Å². The summed E-state index contributed by atoms with van der Waals surface area (Å²) in [5, 5.41) is 4.09. The van der Waals surface area contributed by atoms with E-state index in [1.54, 1.807) is 11.3 Å². The number of ether oxygens (including phenoxy) is 1. The minimum absolute atomic E-state index is 0.0307. The number of amides is 1. The van der Waals surface area contributed by atoms with E-state index >= 15 is 0 Å². The molecule has 0 spiro atoms. The predicted octanol–water partition coefficient (Wildman–Crippen LogP) is 2.71. The lowest BCUT2D eigenvalue weighted by molar-refractivity contribution is -0.126. The SMILES string of the molecule is Cc1nc(CCNC(=O)CC2CN(Cc3ccccc3)CCO2)sc1C. The van der Waals surface area contributed by atoms with Crippen LogP contribution in [0.15, 0.2) is 30.3 Å². The monoisotopic (exact) mass is 373 g/mol. The van der Waals surface area contributed by atoms with Crippen molar-refractivity contribution in [2.45, 2.75) is 39.3 Å². The molecule has 1 amide bonds. The van der Waals surface area contributed by atoms with Gasteiger partial charge in [0, 0.05) is 37.5 Å². The molecule has 1 aliphatic rings. The van der Waals surface area contributed by atoms with Gasteiger partial charge in [0.05, 0.1) is 29.8 Å². The Labute approximate surface area is 159 Å². The van der Waals surface area contributed by atoms with Crippen LogP contribution in [0.5, 0.6) is 0 Å². The van der Waals surface area contributed by atoms with Gasteiger partial charge in [0.25, 0.3) is 0 Å². The molecule has 1 N–H and O–H groups in total. The number of aryl methyl sites for hydroxylation is 2. The second-order valence-electron chi connectivity index (χ2n) is 6.77. The summed E-state index contributed by atoms with van der Waals surface area (Å²) in [5.41, 5.74) is 2.39. The lowest BCUT2D eigenvalue weighted by Crippen LogP contribution is -2.44. The number of rotatable bonds is 7. The van der Waals surface area contributed by atoms with Gasteiger partial charge in [0.15, 0.2) is 0 Å². The number of hydrogen-bond acceptors (Lipinski definition) is 5. The van der Waals surface area contributed by atoms with Crippen LogP contribution < -0.4 is 5.32 Å². The number of hydrogen-bond donors (Lipinski definition) is 1. The predicted molar refractivity (Wildman–Crippen MR) is 104 cm³/mol. The summed E-state index contributed by atoms with van der Waals surface area (Å²) in [6, 6.07) is 10.4. The highest BCUT2D eigenvalue weighted by molar-refractivity contribution is 7.11. The third-order valence-electron chi connectivity index (χ3n) is 4.62. The first-order valence-corrected chi connectivity index (χ1v) is 9.99. The van der Waals surface area contributed by atoms with Gasteiger partial charge < -0.3 is 10.1 Å². The molecule has 3 rings (SSSR count). The summed E-state index contributed by atoms with van der Waals surface area (Å²) in [6.07, 6.45) is 1.18. The highest BCUT2D eigenvalue weighted by Crippen LogP contribution is 2.16. The van der Waals surface area contributed by atoms with E-state index in [9.17, 15) is 4.79 Å². The fourth-order valence-electron chi connectivity index (χ4n) is 3.12. The quantitative estimate of drug-likeness (QED) is 0.811. The van der Waals surface area contributed by atoms with Crippen LogP contribution in [0.2, 0.25) is 0 Å². The van der Waals surface area contributed by atoms with E-state index in [2.05, 4.69) is 46.4 Å². The molecular formula is C20H27N3O2S. The molecule has 0 saturated carbocycles. The van der Waals surface area contributed by atoms with Crippen molar-refractivity contribution in [2.75, 3.05) is 26.2 Å². The van der Waals surface area contributed by atoms with Crippen molar-refractivity contribution in [2.24, 2.45) is 0 Å². The normalized spacial score (nSPS) is 18.0. The third-order valence-corrected chi connectivity index (χ3v) is 5.75. The maximum atomic E-state index is 12.2. The molecule has 1 saturated heterocycles. The zero-order chi connectivity index (χ0) is 18.4. The van der Waals surface area contributed by atoms with Gasteiger partial charge in [-0.2, -0.15) is 0 Å². The summed E-state index contributed by atoms with van der Waals surface area (Å²) < 4.78 is 5.79. The van der Waals surface area contributed by atoms with Crippen LogP contribution in [0.1, 0.15) is 27.6 Å². The van der Waals surface area contributed by atoms with Gasteiger partial charge in [-0.05, 0) is 19.4 Å². The third kappa shape index (κ3) is 5.62. The van der Waals surface area contributed by atoms with Crippen LogP contribution in [0.4, 0.5) is 0 Å². The van der Waals surface area contributed by atoms with Crippen LogP contribution in [0, 0.1) is 13.8 Å². The molecule has 1 fully saturated rings. The Morgan fingerprint density at radius 2 is 2.15 bits per heavy atom. The lowest BCUT2D eigenvalue weighted by Gasteiger charge is -2.32. The molecule has 1 unspecified atom stereocenters. The summed E-state index contributed by atoms with van der Waals surface area (Å²) >= 11 is 1.71. The summed E-state index contributed by atoms with van der Waals surface area (Å²) in [7, 11) is 0. The molecule has 0 bridgehead atoms. The number of thiazole rings is 1. The van der Waals surface area contributed by atoms with Crippen LogP contribution in [-0.2, 0) is 22.5 Å². The second kappa shape index (κ2) is 9.26. The minimum Gasteiger partial charge on any atom is -0.375 e. The first kappa shape index (κ1) is 19.0. The van der Waals surface area contributed by atoms with Gasteiger partial charge in [0.1, 0.15) is 0 Å². The molecule has 1 aromatic heterocycles. The minimum atomic E-state index is -0.0307. The standard InChI is InChI=1S/C20H27N3O2S/c1-15-16(2)26-20(22-15)8-9-21-19(24)12-18-14-23(10-11-25-18)13-17-6-4-3-5-7-17/h3-7,18H,8-14H2,1-2H3,(H,21,24). The number of morpholine rings is 1. The molecule has 5 nitrogen and oxygen atoms in total. The van der Waals surface area contributed by atoms with Crippen molar-refractivity contribution in [1.82, 2.24) is 15.2 Å². The molecular weight excluding hydrogens is 346 g/mol. The number of aromatic nitrogens is 1. The van der Waals surface area contributed by atoms with Gasteiger partial charge in [-0.1, -0.05) is 30.3 Å². The number of carbonyl (C=O) groups is 1. The van der Waals surface area contributed by atoms with E-state index in [1.807, 2.05) is 13.0 Å². The lowest BCUT2D eigenvalue weighted by atomic mass is 10.1. The topological polar surface area (TPSA) is 54.5 Å². The maximum Gasteiger partial charge on any atom is 0.222 e. The van der Waals surface area contributed by atoms with Crippen LogP contribution in [0.25, 0.3) is 0 Å². The molecule has 0 radical (unpaired) electrons. The molecule has 140 valence electrons. The number of nitrogens with one attached hydrogen (secondary N) is 1. The highest BCUT2D eigenvalue weighted by atomic mass is 32.1. The zero-order valence-electron chi connectivity index (χ0n) is 15.5. The Morgan fingerprint density at radius 1 is 1.35 bits per heavy atom. The van der Waals surface area contributed by atoms with Crippen LogP contribution in [0.3, 0.4) is 0 Å². The number of nitrogens with zero attached hydrogens (tertiary/aromatic N) is 2. The first-order chi connectivity index (χ1) is 12.6. The average Bonchev–Trinajstić information content (AvgIpc) is 2.94. The summed E-state index contributed by atoms with van der Waals surface area (Å²) in [5.74, 6) is 0.0570. The largest absolute Gasteiger partial charge is 0.375 e. The smallest absolute Gasteiger partial charge is 0.222 e. The van der Waals surface area contributed by atoms with E-state index in [0.29, 0.717) is 19.6 Å². The van der Waals surface area contributed by atoms with Crippen LogP contribution in [-0.4, -0.2) is 48.1 Å². The number of carbonyl (C=O) groups excluding carboxylic acids is 1. The van der Waals surface area contributed by atoms with Crippen molar-refractivity contribution < 1.29 is 9.53 Å². The van der Waals surface area contributed by atoms with Crippen molar-refractivity contribution in [3.05, 3.63) is 51.5 Å². The van der Waals surface area contributed by atoms with E-state index < -0.39 is 0 Å². The van der Waals surface area contributed by atoms with E-state index in [4.69, 9.17) is 4.74 Å². The Kier molecular flexibility index (Phi) is 6.77. The van der Waals surface area contributed by atoms with Gasteiger partial charge >= 0.3 is 0 Å². The molecule has 26 heavy (non-hydrogen) atoms. The average molecular weight is 374 g/mol. The van der Waals surface area contributed by atoms with Gasteiger partial charge in [0.2, 0.25) is 5.91 Å². The molecule has 1 aliphatic heterocycles. The summed E-state index contributed by atoms with van der Waals surface area (Å²) in [4.78, 5) is 20.3. The second-order valence-corrected chi connectivity index (χ2v) is 8.05. The molecule has 0 aliphatic carbocycles. The Morgan fingerprint density at radius 3 is 2.88 bits per heavy atom. The molecule has 2 aromatic rings. The Bertz CT molecular complexity index is 698. The molecule has 1 atom stereocenters. The highest BCUT2D eigenvalue weighted by Gasteiger charge is 2.22. The van der Waals surface area contributed by atoms with E-state index in [-0.39, 0.29) is 12.0 Å². The zero-order valence-corrected chi connectivity index (χ0v) is 16.3. The molecule has 1 aromatic carbocycles. The van der Waals surface area contributed by atoms with Gasteiger partial charge in [-0.15, -0.1) is 11.3 Å². The molecule has 2 heterocycles. The summed E-state index contributed by atoms with van der Waals surface area (Å²) in [6.45, 7) is 8.04. The van der Waals surface area contributed by atoms with Crippen molar-refractivity contribution in [3.8, 4) is 0 Å². The Balaban J connectivity index is 1.39. The van der Waals surface area contributed by atoms with Crippen molar-refractivity contribution in [1.29, 1.82) is 0 Å². The maximum absolute atomic E-state index is 12.2.